The number of rotatable bonds is 4. The van der Waals surface area contributed by atoms with Crippen LogP contribution in [0.2, 0.25) is 5.15 Å². The first-order valence-electron chi connectivity index (χ1n) is 5.39. The van der Waals surface area contributed by atoms with E-state index in [1.807, 2.05) is 20.2 Å². The van der Waals surface area contributed by atoms with Crippen LogP contribution in [0, 0.1) is 6.92 Å². The number of anilines is 1. The quantitative estimate of drug-likeness (QED) is 0.856. The first-order valence-corrected chi connectivity index (χ1v) is 5.77. The van der Waals surface area contributed by atoms with E-state index in [4.69, 9.17) is 16.3 Å². The minimum atomic E-state index is 0.249. The van der Waals surface area contributed by atoms with E-state index >= 15 is 0 Å². The molecular formula is C11H14ClN5O. The molecule has 2 aromatic rings. The average Bonchev–Trinajstić information content (AvgIpc) is 2.77. The third-order valence-electron chi connectivity index (χ3n) is 2.47. The Labute approximate surface area is 110 Å². The molecule has 0 atom stereocenters. The summed E-state index contributed by atoms with van der Waals surface area (Å²) < 4.78 is 6.73. The van der Waals surface area contributed by atoms with Gasteiger partial charge < -0.3 is 10.1 Å². The zero-order chi connectivity index (χ0) is 13.1. The van der Waals surface area contributed by atoms with Crippen molar-refractivity contribution >= 4 is 17.4 Å². The highest BCUT2D eigenvalue weighted by molar-refractivity contribution is 6.30. The summed E-state index contributed by atoms with van der Waals surface area (Å²) in [6.07, 6.45) is 3.73. The minimum absolute atomic E-state index is 0.249. The molecule has 0 radical (unpaired) electrons. The molecule has 0 amide bonds. The van der Waals surface area contributed by atoms with Gasteiger partial charge in [0.15, 0.2) is 0 Å². The second-order valence-corrected chi connectivity index (χ2v) is 4.21. The first-order chi connectivity index (χ1) is 8.60. The molecule has 2 aromatic heterocycles. The maximum atomic E-state index is 6.00. The van der Waals surface area contributed by atoms with Crippen LogP contribution < -0.4 is 10.1 Å². The van der Waals surface area contributed by atoms with Crippen molar-refractivity contribution in [2.24, 2.45) is 7.05 Å². The Morgan fingerprint density at radius 1 is 1.44 bits per heavy atom. The van der Waals surface area contributed by atoms with Crippen molar-refractivity contribution in [3.05, 3.63) is 28.7 Å². The first kappa shape index (κ1) is 12.6. The Bertz CT molecular complexity index is 554. The van der Waals surface area contributed by atoms with Gasteiger partial charge in [0.2, 0.25) is 0 Å². The van der Waals surface area contributed by atoms with E-state index < -0.39 is 0 Å². The molecule has 7 heteroatoms. The van der Waals surface area contributed by atoms with Crippen LogP contribution in [0.4, 0.5) is 5.82 Å². The Kier molecular flexibility index (Phi) is 3.66. The van der Waals surface area contributed by atoms with Crippen LogP contribution in [-0.2, 0) is 13.6 Å². The topological polar surface area (TPSA) is 64.9 Å². The number of halogens is 1. The van der Waals surface area contributed by atoms with Gasteiger partial charge in [0.05, 0.1) is 13.3 Å². The van der Waals surface area contributed by atoms with E-state index in [0.717, 1.165) is 11.1 Å². The summed E-state index contributed by atoms with van der Waals surface area (Å²) in [5.41, 5.74) is 1.85. The van der Waals surface area contributed by atoms with Gasteiger partial charge in [-0.05, 0) is 6.92 Å². The molecule has 2 rings (SSSR count). The Morgan fingerprint density at radius 2 is 2.22 bits per heavy atom. The van der Waals surface area contributed by atoms with E-state index in [0.29, 0.717) is 17.5 Å². The monoisotopic (exact) mass is 267 g/mol. The molecule has 18 heavy (non-hydrogen) atoms. The molecule has 0 bridgehead atoms. The van der Waals surface area contributed by atoms with Gasteiger partial charge in [-0.3, -0.25) is 4.68 Å². The predicted octanol–water partition coefficient (Wildman–Crippen LogP) is 1.79. The second kappa shape index (κ2) is 5.22. The SMILES string of the molecule is COc1nc(Cl)c(C)c(NCc2cnn(C)c2)n1. The molecule has 6 nitrogen and oxygen atoms in total. The normalized spacial score (nSPS) is 10.4. The number of methoxy groups -OCH3 is 1. The Balaban J connectivity index is 2.15. The number of aromatic nitrogens is 4. The van der Waals surface area contributed by atoms with Gasteiger partial charge in [0.1, 0.15) is 11.0 Å². The van der Waals surface area contributed by atoms with Gasteiger partial charge in [-0.2, -0.15) is 15.1 Å². The molecule has 0 spiro atoms. The van der Waals surface area contributed by atoms with Gasteiger partial charge in [-0.25, -0.2) is 0 Å². The van der Waals surface area contributed by atoms with E-state index in [9.17, 15) is 0 Å². The second-order valence-electron chi connectivity index (χ2n) is 3.85. The Hall–Kier alpha value is -1.82. The summed E-state index contributed by atoms with van der Waals surface area (Å²) in [5.74, 6) is 0.663. The van der Waals surface area contributed by atoms with Crippen molar-refractivity contribution in [2.45, 2.75) is 13.5 Å². The number of aryl methyl sites for hydroxylation is 1. The van der Waals surface area contributed by atoms with Crippen molar-refractivity contribution in [1.82, 2.24) is 19.7 Å². The van der Waals surface area contributed by atoms with Crippen LogP contribution in [0.5, 0.6) is 6.01 Å². The number of hydrogen-bond donors (Lipinski definition) is 1. The zero-order valence-corrected chi connectivity index (χ0v) is 11.2. The van der Waals surface area contributed by atoms with Crippen molar-refractivity contribution in [3.63, 3.8) is 0 Å². The third-order valence-corrected chi connectivity index (χ3v) is 2.83. The molecular weight excluding hydrogens is 254 g/mol. The highest BCUT2D eigenvalue weighted by Gasteiger charge is 2.09. The summed E-state index contributed by atoms with van der Waals surface area (Å²) in [7, 11) is 3.38. The summed E-state index contributed by atoms with van der Waals surface area (Å²) in [6, 6.07) is 0.249. The maximum Gasteiger partial charge on any atom is 0.319 e. The fourth-order valence-corrected chi connectivity index (χ4v) is 1.64. The summed E-state index contributed by atoms with van der Waals surface area (Å²) >= 11 is 6.00. The summed E-state index contributed by atoms with van der Waals surface area (Å²) in [4.78, 5) is 8.20. The van der Waals surface area contributed by atoms with E-state index in [1.165, 1.54) is 7.11 Å². The fraction of sp³-hybridized carbons (Fsp3) is 0.364. The van der Waals surface area contributed by atoms with Gasteiger partial charge in [-0.1, -0.05) is 11.6 Å². The lowest BCUT2D eigenvalue weighted by Gasteiger charge is -2.09. The molecule has 0 aliphatic carbocycles. The van der Waals surface area contributed by atoms with Crippen LogP contribution in [0.15, 0.2) is 12.4 Å². The highest BCUT2D eigenvalue weighted by atomic mass is 35.5. The van der Waals surface area contributed by atoms with Gasteiger partial charge >= 0.3 is 6.01 Å². The molecule has 0 aliphatic rings. The van der Waals surface area contributed by atoms with Gasteiger partial charge in [0.25, 0.3) is 0 Å². The van der Waals surface area contributed by atoms with Gasteiger partial charge in [0, 0.05) is 30.9 Å². The van der Waals surface area contributed by atoms with Crippen LogP contribution in [0.25, 0.3) is 0 Å². The fourth-order valence-electron chi connectivity index (χ4n) is 1.48. The molecule has 0 aliphatic heterocycles. The van der Waals surface area contributed by atoms with Gasteiger partial charge in [-0.15, -0.1) is 0 Å². The van der Waals surface area contributed by atoms with Crippen molar-refractivity contribution in [1.29, 1.82) is 0 Å². The minimum Gasteiger partial charge on any atom is -0.467 e. The molecule has 2 heterocycles. The molecule has 0 aromatic carbocycles. The molecule has 0 fully saturated rings. The summed E-state index contributed by atoms with van der Waals surface area (Å²) in [6.45, 7) is 2.47. The van der Waals surface area contributed by atoms with Crippen LogP contribution in [0.1, 0.15) is 11.1 Å². The predicted molar refractivity (Wildman–Crippen MR) is 68.9 cm³/mol. The van der Waals surface area contributed by atoms with E-state index in [2.05, 4.69) is 20.4 Å². The molecule has 96 valence electrons. The molecule has 0 unspecified atom stereocenters. The van der Waals surface area contributed by atoms with Crippen molar-refractivity contribution < 1.29 is 4.74 Å². The maximum absolute atomic E-state index is 6.00. The van der Waals surface area contributed by atoms with Crippen molar-refractivity contribution in [3.8, 4) is 6.01 Å². The Morgan fingerprint density at radius 3 is 2.83 bits per heavy atom. The smallest absolute Gasteiger partial charge is 0.319 e. The van der Waals surface area contributed by atoms with E-state index in [-0.39, 0.29) is 6.01 Å². The lowest BCUT2D eigenvalue weighted by Crippen LogP contribution is -2.05. The zero-order valence-electron chi connectivity index (χ0n) is 10.4. The third kappa shape index (κ3) is 2.70. The van der Waals surface area contributed by atoms with E-state index in [1.54, 1.807) is 10.9 Å². The van der Waals surface area contributed by atoms with Crippen molar-refractivity contribution in [2.75, 3.05) is 12.4 Å². The van der Waals surface area contributed by atoms with Crippen LogP contribution in [-0.4, -0.2) is 26.9 Å². The number of ether oxygens (including phenoxy) is 1. The highest BCUT2D eigenvalue weighted by Crippen LogP contribution is 2.22. The largest absolute Gasteiger partial charge is 0.467 e. The van der Waals surface area contributed by atoms with Crippen LogP contribution in [0.3, 0.4) is 0 Å². The lowest BCUT2D eigenvalue weighted by atomic mass is 10.3. The lowest BCUT2D eigenvalue weighted by molar-refractivity contribution is 0.380. The molecule has 1 N–H and O–H groups in total. The number of nitrogens with zero attached hydrogens (tertiary/aromatic N) is 4. The van der Waals surface area contributed by atoms with Crippen LogP contribution >= 0.6 is 11.6 Å². The number of nitrogens with one attached hydrogen (secondary N) is 1. The molecule has 0 saturated heterocycles. The molecule has 0 saturated carbocycles. The summed E-state index contributed by atoms with van der Waals surface area (Å²) in [5, 5.41) is 7.67. The standard InChI is InChI=1S/C11H14ClN5O/c1-7-9(12)15-11(18-3)16-10(7)13-4-8-5-14-17(2)6-8/h5-6H,4H2,1-3H3,(H,13,15,16). The number of hydrogen-bond acceptors (Lipinski definition) is 5. The average molecular weight is 268 g/mol.